The van der Waals surface area contributed by atoms with E-state index in [2.05, 4.69) is 11.6 Å². The molecule has 0 radical (unpaired) electrons. The maximum atomic E-state index is 13.8. The molecule has 1 aliphatic rings. The van der Waals surface area contributed by atoms with Crippen molar-refractivity contribution in [3.05, 3.63) is 145 Å². The monoisotopic (exact) mass is 578 g/mol. The molecule has 3 aromatic carbocycles. The maximum Gasteiger partial charge on any atom is 0.338 e. The smallest absolute Gasteiger partial charge is 0.338 e. The number of esters is 1. The van der Waals surface area contributed by atoms with Crippen LogP contribution in [0, 0.1) is 0 Å². The summed E-state index contributed by atoms with van der Waals surface area (Å²) in [6, 6.07) is 24.3. The van der Waals surface area contributed by atoms with Gasteiger partial charge in [-0.05, 0) is 41.8 Å². The number of ether oxygens (including phenoxy) is 3. The van der Waals surface area contributed by atoms with E-state index in [1.165, 1.54) is 17.4 Å². The lowest BCUT2D eigenvalue weighted by Crippen LogP contribution is -2.39. The van der Waals surface area contributed by atoms with Crippen LogP contribution in [0.2, 0.25) is 0 Å². The maximum absolute atomic E-state index is 13.8. The van der Waals surface area contributed by atoms with Crippen LogP contribution in [-0.4, -0.2) is 24.3 Å². The lowest BCUT2D eigenvalue weighted by Gasteiger charge is -2.25. The second-order valence-corrected chi connectivity index (χ2v) is 10.5. The molecule has 1 aromatic heterocycles. The Morgan fingerprint density at radius 2 is 1.79 bits per heavy atom. The number of benzene rings is 3. The van der Waals surface area contributed by atoms with Gasteiger partial charge in [0.05, 0.1) is 29.0 Å². The predicted octanol–water partition coefficient (Wildman–Crippen LogP) is 5.22. The van der Waals surface area contributed by atoms with Crippen LogP contribution in [0.5, 0.6) is 11.5 Å². The number of hydrogen-bond donors (Lipinski definition) is 0. The summed E-state index contributed by atoms with van der Waals surface area (Å²) in [6.07, 6.45) is 7.03. The number of carbonyl (C=O) groups is 1. The standard InChI is InChI=1S/C34H30N2O5S/c1-4-20-40-33(38)30-23(2)35-34-36(32(37)29(42-34)17-11-16-24-12-7-5-8-13-24)31(30)26-18-19-27(28(21-26)39-3)41-22-25-14-9-6-10-15-25/h4-19,21,31H,1,20,22H2,2-3H3/b16-11+,29-17-. The summed E-state index contributed by atoms with van der Waals surface area (Å²) in [5.74, 6) is 0.452. The van der Waals surface area contributed by atoms with E-state index in [-0.39, 0.29) is 17.7 Å². The van der Waals surface area contributed by atoms with E-state index >= 15 is 0 Å². The quantitative estimate of drug-likeness (QED) is 0.191. The van der Waals surface area contributed by atoms with Crippen molar-refractivity contribution >= 4 is 29.5 Å². The van der Waals surface area contributed by atoms with E-state index < -0.39 is 12.0 Å². The van der Waals surface area contributed by atoms with E-state index in [9.17, 15) is 9.59 Å². The molecule has 2 heterocycles. The molecular formula is C34H30N2O5S. The minimum atomic E-state index is -0.782. The van der Waals surface area contributed by atoms with Crippen molar-refractivity contribution in [2.75, 3.05) is 13.7 Å². The van der Waals surface area contributed by atoms with Gasteiger partial charge in [0.1, 0.15) is 13.2 Å². The number of thiazole rings is 1. The lowest BCUT2D eigenvalue weighted by molar-refractivity contribution is -0.138. The van der Waals surface area contributed by atoms with E-state index in [4.69, 9.17) is 14.2 Å². The van der Waals surface area contributed by atoms with E-state index in [0.29, 0.717) is 38.7 Å². The third kappa shape index (κ3) is 6.19. The first kappa shape index (κ1) is 28.6. The molecule has 0 bridgehead atoms. The first-order chi connectivity index (χ1) is 20.5. The number of aromatic nitrogens is 1. The van der Waals surface area contributed by atoms with Gasteiger partial charge in [-0.25, -0.2) is 9.79 Å². The molecule has 5 rings (SSSR count). The van der Waals surface area contributed by atoms with Crippen molar-refractivity contribution in [2.24, 2.45) is 4.99 Å². The van der Waals surface area contributed by atoms with Gasteiger partial charge in [-0.15, -0.1) is 0 Å². The van der Waals surface area contributed by atoms with Gasteiger partial charge in [0.25, 0.3) is 5.56 Å². The Morgan fingerprint density at radius 1 is 1.05 bits per heavy atom. The van der Waals surface area contributed by atoms with Gasteiger partial charge in [0, 0.05) is 0 Å². The summed E-state index contributed by atoms with van der Waals surface area (Å²) in [5.41, 5.74) is 3.19. The van der Waals surface area contributed by atoms with Gasteiger partial charge in [-0.2, -0.15) is 0 Å². The molecule has 212 valence electrons. The number of allylic oxidation sites excluding steroid dienone is 2. The summed E-state index contributed by atoms with van der Waals surface area (Å²) in [7, 11) is 1.55. The molecule has 0 N–H and O–H groups in total. The van der Waals surface area contributed by atoms with E-state index in [0.717, 1.165) is 11.1 Å². The molecular weight excluding hydrogens is 548 g/mol. The topological polar surface area (TPSA) is 79.1 Å². The third-order valence-electron chi connectivity index (χ3n) is 6.65. The summed E-state index contributed by atoms with van der Waals surface area (Å²) in [4.78, 5) is 32.3. The minimum absolute atomic E-state index is 0.0343. The molecule has 0 fully saturated rings. The molecule has 1 atom stereocenters. The average molecular weight is 579 g/mol. The van der Waals surface area contributed by atoms with Crippen molar-refractivity contribution in [3.63, 3.8) is 0 Å². The van der Waals surface area contributed by atoms with Gasteiger partial charge >= 0.3 is 5.97 Å². The number of fused-ring (bicyclic) bond motifs is 1. The summed E-state index contributed by atoms with van der Waals surface area (Å²) >= 11 is 1.27. The predicted molar refractivity (Wildman–Crippen MR) is 165 cm³/mol. The second-order valence-electron chi connectivity index (χ2n) is 9.45. The van der Waals surface area contributed by atoms with Crippen LogP contribution in [0.15, 0.2) is 119 Å². The fourth-order valence-corrected chi connectivity index (χ4v) is 5.64. The normalized spacial score (nSPS) is 14.8. The Morgan fingerprint density at radius 3 is 2.50 bits per heavy atom. The van der Waals surface area contributed by atoms with Crippen molar-refractivity contribution < 1.29 is 19.0 Å². The summed E-state index contributed by atoms with van der Waals surface area (Å²) in [5, 5.41) is 0. The summed E-state index contributed by atoms with van der Waals surface area (Å²) < 4.78 is 19.2. The molecule has 0 spiro atoms. The number of nitrogens with zero attached hydrogens (tertiary/aromatic N) is 2. The van der Waals surface area contributed by atoms with Gasteiger partial charge in [-0.1, -0.05) is 103 Å². The zero-order chi connectivity index (χ0) is 29.5. The van der Waals surface area contributed by atoms with Crippen LogP contribution in [0.25, 0.3) is 12.2 Å². The van der Waals surface area contributed by atoms with E-state index in [1.54, 1.807) is 36.8 Å². The van der Waals surface area contributed by atoms with Crippen molar-refractivity contribution in [3.8, 4) is 11.5 Å². The number of rotatable bonds is 10. The van der Waals surface area contributed by atoms with Gasteiger partial charge < -0.3 is 14.2 Å². The summed E-state index contributed by atoms with van der Waals surface area (Å²) in [6.45, 7) is 5.78. The molecule has 7 nitrogen and oxygen atoms in total. The largest absolute Gasteiger partial charge is 0.493 e. The minimum Gasteiger partial charge on any atom is -0.493 e. The molecule has 1 unspecified atom stereocenters. The fraction of sp³-hybridized carbons (Fsp3) is 0.147. The lowest BCUT2D eigenvalue weighted by atomic mass is 9.95. The fourth-order valence-electron chi connectivity index (χ4n) is 4.64. The molecule has 0 saturated carbocycles. The number of methoxy groups -OCH3 is 1. The Bertz CT molecular complexity index is 1840. The molecule has 0 aliphatic carbocycles. The van der Waals surface area contributed by atoms with Crippen LogP contribution in [0.3, 0.4) is 0 Å². The number of hydrogen-bond acceptors (Lipinski definition) is 7. The van der Waals surface area contributed by atoms with Gasteiger partial charge in [-0.3, -0.25) is 9.36 Å². The third-order valence-corrected chi connectivity index (χ3v) is 7.65. The first-order valence-corrected chi connectivity index (χ1v) is 14.2. The van der Waals surface area contributed by atoms with Crippen LogP contribution >= 0.6 is 11.3 Å². The first-order valence-electron chi connectivity index (χ1n) is 13.4. The van der Waals surface area contributed by atoms with E-state index in [1.807, 2.05) is 78.9 Å². The van der Waals surface area contributed by atoms with Crippen LogP contribution in [-0.2, 0) is 16.1 Å². The highest BCUT2D eigenvalue weighted by Gasteiger charge is 2.34. The molecule has 8 heteroatoms. The Hall–Kier alpha value is -4.95. The highest BCUT2D eigenvalue weighted by Crippen LogP contribution is 2.36. The zero-order valence-corrected chi connectivity index (χ0v) is 24.2. The SMILES string of the molecule is C=CCOC(=O)C1=C(C)N=c2s/c(=C\C=C\c3ccccc3)c(=O)n2C1c1ccc(OCc2ccccc2)c(OC)c1. The Kier molecular flexibility index (Phi) is 8.94. The highest BCUT2D eigenvalue weighted by atomic mass is 32.1. The van der Waals surface area contributed by atoms with Crippen LogP contribution in [0.1, 0.15) is 29.7 Å². The van der Waals surface area contributed by atoms with Crippen molar-refractivity contribution in [2.45, 2.75) is 19.6 Å². The molecule has 0 amide bonds. The Labute approximate surface area is 247 Å². The molecule has 4 aromatic rings. The number of carbonyl (C=O) groups excluding carboxylic acids is 1. The molecule has 0 saturated heterocycles. The van der Waals surface area contributed by atoms with Gasteiger partial charge in [0.2, 0.25) is 0 Å². The van der Waals surface area contributed by atoms with Crippen molar-refractivity contribution in [1.82, 2.24) is 4.57 Å². The van der Waals surface area contributed by atoms with Gasteiger partial charge in [0.15, 0.2) is 16.3 Å². The highest BCUT2D eigenvalue weighted by molar-refractivity contribution is 7.07. The zero-order valence-electron chi connectivity index (χ0n) is 23.4. The second kappa shape index (κ2) is 13.1. The molecule has 1 aliphatic heterocycles. The van der Waals surface area contributed by atoms with Crippen molar-refractivity contribution in [1.29, 1.82) is 0 Å². The molecule has 42 heavy (non-hydrogen) atoms. The average Bonchev–Trinajstić information content (AvgIpc) is 3.33. The van der Waals surface area contributed by atoms with Crippen LogP contribution in [0.4, 0.5) is 0 Å². The Balaban J connectivity index is 1.57. The van der Waals surface area contributed by atoms with Crippen LogP contribution < -0.4 is 24.4 Å².